The fourth-order valence-electron chi connectivity index (χ4n) is 3.19. The van der Waals surface area contributed by atoms with Gasteiger partial charge in [0, 0.05) is 14.2 Å². The summed E-state index contributed by atoms with van der Waals surface area (Å²) in [6.07, 6.45) is 0. The molecular weight excluding hydrogens is 461 g/mol. The minimum atomic E-state index is -0.781. The number of methoxy groups -OCH3 is 1. The summed E-state index contributed by atoms with van der Waals surface area (Å²) in [5.74, 6) is -0.455. The van der Waals surface area contributed by atoms with Crippen molar-refractivity contribution in [2.24, 2.45) is 0 Å². The molecule has 0 aliphatic rings. The Balaban J connectivity index is 1.91. The van der Waals surface area contributed by atoms with Crippen molar-refractivity contribution in [2.45, 2.75) is 30.0 Å². The first-order valence-corrected chi connectivity index (χ1v) is 11.4. The number of carbonyl (C=O) groups is 2. The van der Waals surface area contributed by atoms with Crippen molar-refractivity contribution in [1.82, 2.24) is 25.4 Å². The van der Waals surface area contributed by atoms with E-state index in [1.54, 1.807) is 35.9 Å². The number of aromatic nitrogens is 3. The monoisotopic (exact) mass is 487 g/mol. The summed E-state index contributed by atoms with van der Waals surface area (Å²) in [5.41, 5.74) is 0.687. The van der Waals surface area contributed by atoms with Gasteiger partial charge in [-0.3, -0.25) is 14.7 Å². The highest BCUT2D eigenvalue weighted by atomic mass is 32.2. The third-order valence-electron chi connectivity index (χ3n) is 4.80. The minimum Gasteiger partial charge on any atom is -0.483 e. The molecule has 0 unspecified atom stereocenters. The lowest BCUT2D eigenvalue weighted by Crippen LogP contribution is -2.39. The standard InChI is InChI=1S/C23H26FN5O4S/c1-15(13-32-3)29-19(14-33-18-12-8-7-11-17(18)24)27-28-23(29)34-20(16-9-5-4-6-10-16)21(30)26-22(31)25-2/h4-12,15,20H,13-14H2,1-3H3,(H2,25,26,30,31)/t15-,20-/m1/s1. The summed E-state index contributed by atoms with van der Waals surface area (Å²) >= 11 is 1.14. The molecule has 0 spiro atoms. The number of rotatable bonds is 10. The highest BCUT2D eigenvalue weighted by Crippen LogP contribution is 2.36. The zero-order chi connectivity index (χ0) is 24.5. The predicted molar refractivity (Wildman–Crippen MR) is 125 cm³/mol. The molecule has 9 nitrogen and oxygen atoms in total. The topological polar surface area (TPSA) is 107 Å². The minimum absolute atomic E-state index is 0.0387. The average molecular weight is 488 g/mol. The number of ether oxygens (including phenoxy) is 2. The van der Waals surface area contributed by atoms with E-state index in [1.165, 1.54) is 19.2 Å². The molecule has 11 heteroatoms. The Kier molecular flexibility index (Phi) is 9.00. The van der Waals surface area contributed by atoms with Crippen LogP contribution in [0.5, 0.6) is 5.75 Å². The van der Waals surface area contributed by atoms with Crippen LogP contribution in [-0.2, 0) is 16.1 Å². The Morgan fingerprint density at radius 3 is 2.50 bits per heavy atom. The van der Waals surface area contributed by atoms with Crippen LogP contribution in [-0.4, -0.2) is 47.5 Å². The van der Waals surface area contributed by atoms with Crippen LogP contribution in [0.3, 0.4) is 0 Å². The zero-order valence-electron chi connectivity index (χ0n) is 19.0. The van der Waals surface area contributed by atoms with Crippen molar-refractivity contribution in [1.29, 1.82) is 0 Å². The van der Waals surface area contributed by atoms with E-state index in [0.29, 0.717) is 23.2 Å². The molecule has 3 rings (SSSR count). The highest BCUT2D eigenvalue weighted by molar-refractivity contribution is 8.00. The Morgan fingerprint density at radius 2 is 1.82 bits per heavy atom. The van der Waals surface area contributed by atoms with E-state index in [1.807, 2.05) is 25.1 Å². The van der Waals surface area contributed by atoms with Crippen molar-refractivity contribution in [3.63, 3.8) is 0 Å². The van der Waals surface area contributed by atoms with Gasteiger partial charge in [0.2, 0.25) is 5.91 Å². The first-order chi connectivity index (χ1) is 16.4. The zero-order valence-corrected chi connectivity index (χ0v) is 19.8. The van der Waals surface area contributed by atoms with Gasteiger partial charge in [-0.15, -0.1) is 10.2 Å². The van der Waals surface area contributed by atoms with Crippen LogP contribution in [0.4, 0.5) is 9.18 Å². The maximum atomic E-state index is 14.0. The number of hydrogen-bond acceptors (Lipinski definition) is 7. The SMILES string of the molecule is CNC(=O)NC(=O)[C@H](Sc1nnc(COc2ccccc2F)n1[C@H](C)COC)c1ccccc1. The summed E-state index contributed by atoms with van der Waals surface area (Å²) in [4.78, 5) is 24.7. The molecule has 2 atom stereocenters. The Hall–Kier alpha value is -3.44. The molecule has 1 heterocycles. The van der Waals surface area contributed by atoms with Crippen LogP contribution < -0.4 is 15.4 Å². The van der Waals surface area contributed by atoms with Gasteiger partial charge < -0.3 is 14.8 Å². The Labute approximate surface area is 201 Å². The molecule has 0 saturated heterocycles. The molecule has 3 aromatic rings. The van der Waals surface area contributed by atoms with E-state index in [-0.39, 0.29) is 18.4 Å². The van der Waals surface area contributed by atoms with E-state index in [9.17, 15) is 14.0 Å². The fourth-order valence-corrected chi connectivity index (χ4v) is 4.35. The van der Waals surface area contributed by atoms with Crippen LogP contribution in [0.1, 0.15) is 29.6 Å². The van der Waals surface area contributed by atoms with Crippen LogP contribution in [0.25, 0.3) is 0 Å². The number of nitrogens with one attached hydrogen (secondary N) is 2. The summed E-state index contributed by atoms with van der Waals surface area (Å²) < 4.78 is 26.7. The number of halogens is 1. The third kappa shape index (κ3) is 6.33. The lowest BCUT2D eigenvalue weighted by Gasteiger charge is -2.20. The van der Waals surface area contributed by atoms with Crippen LogP contribution >= 0.6 is 11.8 Å². The molecule has 0 radical (unpaired) electrons. The third-order valence-corrected chi connectivity index (χ3v) is 6.02. The molecule has 2 N–H and O–H groups in total. The molecule has 34 heavy (non-hydrogen) atoms. The second-order valence-corrected chi connectivity index (χ2v) is 8.34. The van der Waals surface area contributed by atoms with Gasteiger partial charge in [-0.25, -0.2) is 9.18 Å². The molecule has 180 valence electrons. The molecule has 0 aliphatic heterocycles. The van der Waals surface area contributed by atoms with Crippen molar-refractivity contribution in [3.8, 4) is 5.75 Å². The molecule has 1 aromatic heterocycles. The smallest absolute Gasteiger partial charge is 0.321 e. The summed E-state index contributed by atoms with van der Waals surface area (Å²) in [6.45, 7) is 2.22. The highest BCUT2D eigenvalue weighted by Gasteiger charge is 2.28. The van der Waals surface area contributed by atoms with Gasteiger partial charge in [-0.05, 0) is 24.6 Å². The van der Waals surface area contributed by atoms with Gasteiger partial charge in [-0.2, -0.15) is 0 Å². The van der Waals surface area contributed by atoms with Gasteiger partial charge in [0.1, 0.15) is 11.9 Å². The number of amides is 3. The van der Waals surface area contributed by atoms with Gasteiger partial charge in [0.05, 0.1) is 12.6 Å². The molecule has 0 fully saturated rings. The van der Waals surface area contributed by atoms with Crippen molar-refractivity contribution in [2.75, 3.05) is 20.8 Å². The summed E-state index contributed by atoms with van der Waals surface area (Å²) in [7, 11) is 3.00. The van der Waals surface area contributed by atoms with Crippen LogP contribution in [0.2, 0.25) is 0 Å². The Morgan fingerprint density at radius 1 is 1.12 bits per heavy atom. The van der Waals surface area contributed by atoms with Gasteiger partial charge in [0.25, 0.3) is 0 Å². The quantitative estimate of drug-likeness (QED) is 0.422. The molecule has 0 aliphatic carbocycles. The number of thioether (sulfide) groups is 1. The summed E-state index contributed by atoms with van der Waals surface area (Å²) in [6, 6.07) is 14.3. The Bertz CT molecular complexity index is 1110. The fraction of sp³-hybridized carbons (Fsp3) is 0.304. The van der Waals surface area contributed by atoms with E-state index >= 15 is 0 Å². The van der Waals surface area contributed by atoms with E-state index in [2.05, 4.69) is 20.8 Å². The van der Waals surface area contributed by atoms with E-state index < -0.39 is 23.0 Å². The lowest BCUT2D eigenvalue weighted by molar-refractivity contribution is -0.119. The number of imide groups is 1. The average Bonchev–Trinajstić information content (AvgIpc) is 3.25. The maximum Gasteiger partial charge on any atom is 0.321 e. The van der Waals surface area contributed by atoms with Crippen molar-refractivity contribution < 1.29 is 23.5 Å². The number of benzene rings is 2. The molecule has 2 aromatic carbocycles. The van der Waals surface area contributed by atoms with Gasteiger partial charge >= 0.3 is 6.03 Å². The number of urea groups is 1. The first kappa shape index (κ1) is 25.2. The number of nitrogens with zero attached hydrogens (tertiary/aromatic N) is 3. The second-order valence-electron chi connectivity index (χ2n) is 7.27. The van der Waals surface area contributed by atoms with E-state index in [0.717, 1.165) is 11.8 Å². The number of carbonyl (C=O) groups excluding carboxylic acids is 2. The lowest BCUT2D eigenvalue weighted by atomic mass is 10.1. The van der Waals surface area contributed by atoms with E-state index in [4.69, 9.17) is 9.47 Å². The molecule has 0 saturated carbocycles. The normalized spacial score (nSPS) is 12.6. The maximum absolute atomic E-state index is 14.0. The number of para-hydroxylation sites is 1. The summed E-state index contributed by atoms with van der Waals surface area (Å²) in [5, 5.41) is 12.8. The largest absolute Gasteiger partial charge is 0.483 e. The van der Waals surface area contributed by atoms with Crippen LogP contribution in [0, 0.1) is 5.82 Å². The second kappa shape index (κ2) is 12.1. The van der Waals surface area contributed by atoms with Crippen LogP contribution in [0.15, 0.2) is 59.8 Å². The van der Waals surface area contributed by atoms with Gasteiger partial charge in [0.15, 0.2) is 22.5 Å². The molecule has 3 amide bonds. The first-order valence-electron chi connectivity index (χ1n) is 10.5. The predicted octanol–water partition coefficient (Wildman–Crippen LogP) is 3.49. The van der Waals surface area contributed by atoms with Crippen molar-refractivity contribution >= 4 is 23.7 Å². The van der Waals surface area contributed by atoms with Gasteiger partial charge in [-0.1, -0.05) is 54.2 Å². The molecular formula is C23H26FN5O4S. The number of hydrogen-bond donors (Lipinski definition) is 2. The molecule has 0 bridgehead atoms. The van der Waals surface area contributed by atoms with Crippen molar-refractivity contribution in [3.05, 3.63) is 71.8 Å².